The van der Waals surface area contributed by atoms with Crippen molar-refractivity contribution < 1.29 is 85.1 Å². The number of alkyl carbamates (subject to hydrolysis) is 1. The maximum Gasteiger partial charge on any atom is 0.471 e. The fourth-order valence-electron chi connectivity index (χ4n) is 8.59. The van der Waals surface area contributed by atoms with Gasteiger partial charge in [-0.25, -0.2) is 24.0 Å². The summed E-state index contributed by atoms with van der Waals surface area (Å²) in [6.45, 7) is 19.1. The molecule has 4 amide bonds. The van der Waals surface area contributed by atoms with Gasteiger partial charge in [-0.05, 0) is 104 Å². The first-order valence-corrected chi connectivity index (χ1v) is 28.0. The summed E-state index contributed by atoms with van der Waals surface area (Å²) in [5, 5.41) is 25.4. The van der Waals surface area contributed by atoms with E-state index in [2.05, 4.69) is 40.7 Å². The van der Waals surface area contributed by atoms with Gasteiger partial charge in [-0.2, -0.15) is 13.2 Å². The third-order valence-electron chi connectivity index (χ3n) is 12.7. The summed E-state index contributed by atoms with van der Waals surface area (Å²) in [4.78, 5) is 157. The Kier molecular flexibility index (Phi) is 27.6. The van der Waals surface area contributed by atoms with Crippen LogP contribution >= 0.6 is 0 Å². The van der Waals surface area contributed by atoms with Gasteiger partial charge in [0.2, 0.25) is 11.8 Å². The molecule has 0 bridgehead atoms. The number of hydrogen-bond acceptors (Lipinski definition) is 20. The van der Waals surface area contributed by atoms with Gasteiger partial charge >= 0.3 is 53.4 Å². The van der Waals surface area contributed by atoms with Crippen LogP contribution in [0.15, 0.2) is 41.8 Å². The maximum atomic E-state index is 13.3. The average Bonchev–Trinajstić information content (AvgIpc) is 1.93. The Labute approximate surface area is 506 Å². The van der Waals surface area contributed by atoms with E-state index >= 15 is 0 Å². The van der Waals surface area contributed by atoms with Crippen LogP contribution in [0.1, 0.15) is 144 Å². The highest BCUT2D eigenvalue weighted by Gasteiger charge is 2.42. The van der Waals surface area contributed by atoms with Crippen molar-refractivity contribution in [2.24, 2.45) is 22.1 Å². The summed E-state index contributed by atoms with van der Waals surface area (Å²) in [6, 6.07) is -7.35. The molecule has 33 nitrogen and oxygen atoms in total. The van der Waals surface area contributed by atoms with E-state index in [0.717, 1.165) is 9.13 Å². The number of carbonyl (C=O) groups excluding carboxylic acids is 7. The normalized spacial score (nSPS) is 19.5. The van der Waals surface area contributed by atoms with Crippen LogP contribution in [0.25, 0.3) is 20.9 Å². The highest BCUT2D eigenvalue weighted by Crippen LogP contribution is 2.32. The molecule has 36 heteroatoms. The molecular weight excluding hydrogens is 1190 g/mol. The van der Waals surface area contributed by atoms with E-state index < -0.39 is 168 Å². The molecule has 7 N–H and O–H groups in total. The molecule has 2 aromatic heterocycles. The second-order valence-corrected chi connectivity index (χ2v) is 23.7. The molecule has 2 aliphatic heterocycles. The van der Waals surface area contributed by atoms with Crippen LogP contribution in [-0.2, 0) is 62.0 Å². The molecule has 2 fully saturated rings. The van der Waals surface area contributed by atoms with Crippen LogP contribution in [0.4, 0.5) is 18.0 Å². The second-order valence-electron chi connectivity index (χ2n) is 23.7. The number of aryl methyl sites for hydroxylation is 2. The number of azide groups is 2. The number of halogens is 3. The van der Waals surface area contributed by atoms with Crippen LogP contribution < -0.4 is 43.8 Å². The number of nitrogens with zero attached hydrogens (tertiary/aromatic N) is 8. The van der Waals surface area contributed by atoms with E-state index in [9.17, 15) is 75.8 Å². The molecule has 10 atom stereocenters. The lowest BCUT2D eigenvalue weighted by atomic mass is 10.0. The molecule has 0 saturated carbocycles. The Morgan fingerprint density at radius 1 is 0.652 bits per heavy atom. The highest BCUT2D eigenvalue weighted by atomic mass is 19.4. The highest BCUT2D eigenvalue weighted by molar-refractivity contribution is 5.92. The first-order valence-electron chi connectivity index (χ1n) is 28.0. The third kappa shape index (κ3) is 25.1. The van der Waals surface area contributed by atoms with Gasteiger partial charge in [-0.15, -0.1) is 0 Å². The summed E-state index contributed by atoms with van der Waals surface area (Å²) in [5.41, 5.74) is 14.0. The molecular formula is C53H77F3N14O19. The van der Waals surface area contributed by atoms with Gasteiger partial charge < -0.3 is 54.8 Å². The maximum absolute atomic E-state index is 13.3. The standard InChI is InChI=1S/C30H47N7O10.C23H30F3N7O9/c1-16(2)12-20(33-28(43)47-30(7,8)9)25(40)32-18(26(41)46-29(4,5)6)10-11-23(38)44-15-21-19(35-36-31)13-22(45-21)37-14-17(3)24(39)34-27(37)42;1-10(2)6-14(29-21(39)23(24,25)26)19(36)28-12(20(37)38)4-5-17(34)41-9-15-13(31-32-27)7-16(42-15)33-8-11(3)18(35)30-22(33)40/h14,16,18-22H,10-13,15H2,1-9H3,(H,32,40)(H,33,43)(H,34,39,42);8,10,12-16H,4-7,9H2,1-3H3,(H,28,36)(H,29,39)(H,37,38)(H,30,35,40)/t18?,19?,20?,21-,22-;12?,13?,14?,15-,16-/m11/s1. The predicted octanol–water partition coefficient (Wildman–Crippen LogP) is 3.70. The number of ether oxygens (including phenoxy) is 6. The molecule has 0 radical (unpaired) electrons. The van der Waals surface area contributed by atoms with Crippen LogP contribution in [0.3, 0.4) is 0 Å². The number of H-pyrrole nitrogens is 2. The predicted molar refractivity (Wildman–Crippen MR) is 303 cm³/mol. The fraction of sp³-hybridized carbons (Fsp3) is 0.698. The van der Waals surface area contributed by atoms with Crippen molar-refractivity contribution in [3.63, 3.8) is 0 Å². The van der Waals surface area contributed by atoms with Crippen molar-refractivity contribution in [3.05, 3.63) is 86.1 Å². The number of rotatable bonds is 26. The van der Waals surface area contributed by atoms with Gasteiger partial charge in [0, 0.05) is 59.0 Å². The smallest absolute Gasteiger partial charge is 0.471 e. The summed E-state index contributed by atoms with van der Waals surface area (Å²) < 4.78 is 73.0. The average molecular weight is 1270 g/mol. The minimum absolute atomic E-state index is 0.00549. The Hall–Kier alpha value is -8.75. The van der Waals surface area contributed by atoms with Gasteiger partial charge in [-0.3, -0.25) is 52.7 Å². The summed E-state index contributed by atoms with van der Waals surface area (Å²) in [7, 11) is 0. The summed E-state index contributed by atoms with van der Waals surface area (Å²) in [5.74, 6) is -8.62. The fourth-order valence-corrected chi connectivity index (χ4v) is 8.59. The van der Waals surface area contributed by atoms with E-state index in [4.69, 9.17) is 39.5 Å². The first-order chi connectivity index (χ1) is 41.2. The number of carboxylic acids is 1. The summed E-state index contributed by atoms with van der Waals surface area (Å²) >= 11 is 0. The lowest BCUT2D eigenvalue weighted by Gasteiger charge is -2.27. The SMILES string of the molecule is Cc1cn([C@H]2CC(N=[N+]=[N-])[C@@H](COC(=O)CCC(NC(=O)C(CC(C)C)NC(=O)C(F)(F)F)C(=O)O)O2)c(=O)[nH]c1=O.Cc1cn([C@H]2CC(N=[N+]=[N-])[C@@H](COC(=O)CCC(NC(=O)C(CC(C)C)NC(=O)OC(C)(C)C)C(=O)OC(C)(C)C)O2)c(=O)[nH]c1=O. The van der Waals surface area contributed by atoms with Crippen LogP contribution in [0.2, 0.25) is 0 Å². The molecule has 2 saturated heterocycles. The Bertz CT molecular complexity index is 3210. The van der Waals surface area contributed by atoms with E-state index in [1.807, 2.05) is 19.2 Å². The molecule has 4 heterocycles. The molecule has 494 valence electrons. The van der Waals surface area contributed by atoms with Crippen molar-refractivity contribution in [1.29, 1.82) is 0 Å². The minimum Gasteiger partial charge on any atom is -0.480 e. The number of hydrogen-bond donors (Lipinski definition) is 7. The molecule has 0 aromatic carbocycles. The monoisotopic (exact) mass is 1270 g/mol. The van der Waals surface area contributed by atoms with E-state index in [-0.39, 0.29) is 68.1 Å². The van der Waals surface area contributed by atoms with Crippen molar-refractivity contribution in [3.8, 4) is 0 Å². The molecule has 0 aliphatic carbocycles. The molecule has 89 heavy (non-hydrogen) atoms. The van der Waals surface area contributed by atoms with Crippen LogP contribution in [0, 0.1) is 25.7 Å². The lowest BCUT2D eigenvalue weighted by molar-refractivity contribution is -0.175. The quantitative estimate of drug-likeness (QED) is 0.0232. The van der Waals surface area contributed by atoms with Crippen LogP contribution in [-0.4, -0.2) is 151 Å². The number of nitrogens with one attached hydrogen (secondary N) is 6. The number of amides is 4. The lowest BCUT2D eigenvalue weighted by Crippen LogP contribution is -2.54. The molecule has 0 spiro atoms. The Balaban J connectivity index is 0.000000468. The number of esters is 3. The van der Waals surface area contributed by atoms with Crippen molar-refractivity contribution in [2.45, 2.75) is 213 Å². The number of aromatic amines is 2. The molecule has 6 unspecified atom stereocenters. The zero-order chi connectivity index (χ0) is 67.5. The Morgan fingerprint density at radius 2 is 1.04 bits per heavy atom. The molecule has 2 aliphatic rings. The molecule has 2 aromatic rings. The largest absolute Gasteiger partial charge is 0.480 e. The number of aliphatic carboxylic acids is 1. The number of carbonyl (C=O) groups is 8. The minimum atomic E-state index is -5.26. The van der Waals surface area contributed by atoms with E-state index in [1.54, 1.807) is 60.7 Å². The molecule has 4 rings (SSSR count). The van der Waals surface area contributed by atoms with Gasteiger partial charge in [0.05, 0.1) is 12.1 Å². The van der Waals surface area contributed by atoms with Crippen molar-refractivity contribution in [2.75, 3.05) is 13.2 Å². The third-order valence-corrected chi connectivity index (χ3v) is 12.7. The summed E-state index contributed by atoms with van der Waals surface area (Å²) in [6.07, 6.45) is -8.71. The number of carboxylic acid groups (broad SMARTS) is 1. The zero-order valence-electron chi connectivity index (χ0n) is 51.2. The van der Waals surface area contributed by atoms with Crippen LogP contribution in [0.5, 0.6) is 0 Å². The van der Waals surface area contributed by atoms with E-state index in [0.29, 0.717) is 0 Å². The van der Waals surface area contributed by atoms with Gasteiger partial charge in [-0.1, -0.05) is 37.9 Å². The Morgan fingerprint density at radius 3 is 1.42 bits per heavy atom. The van der Waals surface area contributed by atoms with Gasteiger partial charge in [0.1, 0.15) is 73.2 Å². The number of aromatic nitrogens is 4. The van der Waals surface area contributed by atoms with Crippen molar-refractivity contribution in [1.82, 2.24) is 40.4 Å². The van der Waals surface area contributed by atoms with Crippen molar-refractivity contribution >= 4 is 47.7 Å². The second kappa shape index (κ2) is 33.0. The number of alkyl halides is 3. The van der Waals surface area contributed by atoms with Gasteiger partial charge in [0.15, 0.2) is 0 Å². The first kappa shape index (κ1) is 74.5. The van der Waals surface area contributed by atoms with Gasteiger partial charge in [0.25, 0.3) is 11.1 Å². The van der Waals surface area contributed by atoms with E-state index in [1.165, 1.54) is 26.2 Å². The topological polar surface area (TPSA) is 468 Å². The zero-order valence-corrected chi connectivity index (χ0v) is 51.2.